The van der Waals surface area contributed by atoms with Gasteiger partial charge in [-0.2, -0.15) is 11.8 Å². The van der Waals surface area contributed by atoms with E-state index in [2.05, 4.69) is 0 Å². The minimum Gasteiger partial charge on any atom is -0.504 e. The van der Waals surface area contributed by atoms with E-state index in [1.54, 1.807) is 60.3 Å². The molecule has 0 unspecified atom stereocenters. The molecule has 1 aliphatic rings. The quantitative estimate of drug-likeness (QED) is 0.779. The molecule has 140 valence electrons. The fourth-order valence-electron chi connectivity index (χ4n) is 2.82. The number of ketones is 1. The molecule has 0 aromatic heterocycles. The van der Waals surface area contributed by atoms with Crippen molar-refractivity contribution in [3.05, 3.63) is 58.7 Å². The summed E-state index contributed by atoms with van der Waals surface area (Å²) in [7, 11) is 2.98. The van der Waals surface area contributed by atoms with Crippen LogP contribution in [0.3, 0.4) is 0 Å². The van der Waals surface area contributed by atoms with E-state index in [9.17, 15) is 15.0 Å². The number of benzene rings is 2. The van der Waals surface area contributed by atoms with Gasteiger partial charge in [-0.1, -0.05) is 12.1 Å². The third-order valence-electron chi connectivity index (χ3n) is 4.19. The van der Waals surface area contributed by atoms with Gasteiger partial charge < -0.3 is 19.7 Å². The zero-order valence-corrected chi connectivity index (χ0v) is 15.9. The fraction of sp³-hybridized carbons (Fsp3) is 0.190. The third kappa shape index (κ3) is 4.28. The van der Waals surface area contributed by atoms with Gasteiger partial charge in [0.25, 0.3) is 0 Å². The molecule has 0 bridgehead atoms. The number of methoxy groups -OCH3 is 2. The molecule has 3 rings (SSSR count). The smallest absolute Gasteiger partial charge is 0.186 e. The molecule has 0 aliphatic carbocycles. The second-order valence-corrected chi connectivity index (χ2v) is 7.01. The van der Waals surface area contributed by atoms with Crippen molar-refractivity contribution in [2.24, 2.45) is 0 Å². The van der Waals surface area contributed by atoms with Gasteiger partial charge in [0.2, 0.25) is 0 Å². The number of rotatable bonds is 4. The summed E-state index contributed by atoms with van der Waals surface area (Å²) in [6.07, 6.45) is 3.57. The number of carbonyl (C=O) groups is 1. The zero-order valence-electron chi connectivity index (χ0n) is 15.1. The van der Waals surface area contributed by atoms with Crippen LogP contribution in [0.1, 0.15) is 11.1 Å². The van der Waals surface area contributed by atoms with E-state index in [1.807, 2.05) is 0 Å². The molecule has 0 spiro atoms. The van der Waals surface area contributed by atoms with Gasteiger partial charge in [-0.05, 0) is 47.5 Å². The van der Waals surface area contributed by atoms with E-state index < -0.39 is 0 Å². The predicted octanol–water partition coefficient (Wildman–Crippen LogP) is 3.90. The average Bonchev–Trinajstić information content (AvgIpc) is 2.65. The number of carbonyl (C=O) groups excluding carboxylic acids is 1. The Labute approximate surface area is 161 Å². The molecule has 6 heteroatoms. The molecule has 27 heavy (non-hydrogen) atoms. The zero-order chi connectivity index (χ0) is 19.4. The number of phenols is 2. The highest BCUT2D eigenvalue weighted by Crippen LogP contribution is 2.32. The van der Waals surface area contributed by atoms with E-state index in [-0.39, 0.29) is 17.3 Å². The van der Waals surface area contributed by atoms with Crippen LogP contribution in [0.4, 0.5) is 0 Å². The Balaban J connectivity index is 1.87. The number of aromatic hydroxyl groups is 2. The number of Topliss-reactive ketones (excluding diaryl/α,β-unsaturated/α-hetero) is 1. The van der Waals surface area contributed by atoms with Crippen molar-refractivity contribution < 1.29 is 24.5 Å². The van der Waals surface area contributed by atoms with Gasteiger partial charge in [0.15, 0.2) is 28.8 Å². The summed E-state index contributed by atoms with van der Waals surface area (Å²) in [4.78, 5) is 12.8. The van der Waals surface area contributed by atoms with E-state index >= 15 is 0 Å². The molecule has 1 saturated heterocycles. The molecular formula is C21H20O5S. The Morgan fingerprint density at radius 3 is 1.67 bits per heavy atom. The summed E-state index contributed by atoms with van der Waals surface area (Å²) in [6, 6.07) is 10.1. The summed E-state index contributed by atoms with van der Waals surface area (Å²) in [5.41, 5.74) is 2.81. The molecule has 1 heterocycles. The molecule has 2 aromatic rings. The van der Waals surface area contributed by atoms with Crippen LogP contribution in [0, 0.1) is 0 Å². The van der Waals surface area contributed by atoms with Crippen LogP contribution in [0.15, 0.2) is 47.5 Å². The largest absolute Gasteiger partial charge is 0.504 e. The Morgan fingerprint density at radius 1 is 0.852 bits per heavy atom. The van der Waals surface area contributed by atoms with E-state index in [0.717, 1.165) is 11.1 Å². The Morgan fingerprint density at radius 2 is 1.30 bits per heavy atom. The highest BCUT2D eigenvalue weighted by molar-refractivity contribution is 7.99. The van der Waals surface area contributed by atoms with Crippen LogP contribution in [0.2, 0.25) is 0 Å². The molecule has 1 aliphatic heterocycles. The molecule has 1 fully saturated rings. The lowest BCUT2D eigenvalue weighted by Crippen LogP contribution is -2.16. The Bertz CT molecular complexity index is 857. The van der Waals surface area contributed by atoms with Crippen molar-refractivity contribution in [2.45, 2.75) is 0 Å². The first-order valence-electron chi connectivity index (χ1n) is 8.29. The summed E-state index contributed by atoms with van der Waals surface area (Å²) in [6.45, 7) is 0. The van der Waals surface area contributed by atoms with Crippen molar-refractivity contribution in [3.63, 3.8) is 0 Å². The minimum atomic E-state index is -0.0284. The van der Waals surface area contributed by atoms with Gasteiger partial charge in [-0.15, -0.1) is 0 Å². The molecular weight excluding hydrogens is 364 g/mol. The van der Waals surface area contributed by atoms with Crippen molar-refractivity contribution in [1.82, 2.24) is 0 Å². The standard InChI is InChI=1S/C21H20O5S/c1-25-19-5-3-13(9-17(19)22)7-15-11-27-12-16(21(15)24)8-14-4-6-20(26-2)18(23)10-14/h3-10,22-23H,11-12H2,1-2H3/b15-7+,16-8+. The molecule has 5 nitrogen and oxygen atoms in total. The average molecular weight is 384 g/mol. The second kappa shape index (κ2) is 8.22. The SMILES string of the molecule is COc1ccc(/C=C2\CSC/C(=C\c3ccc(OC)c(O)c3)C2=O)cc1O. The minimum absolute atomic E-state index is 0.0284. The molecule has 0 atom stereocenters. The highest BCUT2D eigenvalue weighted by Gasteiger charge is 2.21. The first-order valence-corrected chi connectivity index (χ1v) is 9.45. The van der Waals surface area contributed by atoms with Crippen molar-refractivity contribution in [2.75, 3.05) is 25.7 Å². The Hall–Kier alpha value is -2.86. The fourth-order valence-corrected chi connectivity index (χ4v) is 3.79. The maximum Gasteiger partial charge on any atom is 0.186 e. The number of hydrogen-bond acceptors (Lipinski definition) is 6. The van der Waals surface area contributed by atoms with E-state index in [1.165, 1.54) is 14.2 Å². The summed E-state index contributed by atoms with van der Waals surface area (Å²) < 4.78 is 10.1. The van der Waals surface area contributed by atoms with Gasteiger partial charge in [0.1, 0.15) is 0 Å². The van der Waals surface area contributed by atoms with Gasteiger partial charge in [0, 0.05) is 22.7 Å². The van der Waals surface area contributed by atoms with E-state index in [0.29, 0.717) is 34.2 Å². The lowest BCUT2D eigenvalue weighted by molar-refractivity contribution is -0.112. The number of phenolic OH excluding ortho intramolecular Hbond substituents is 2. The summed E-state index contributed by atoms with van der Waals surface area (Å²) in [5, 5.41) is 19.8. The van der Waals surface area contributed by atoms with Crippen LogP contribution < -0.4 is 9.47 Å². The van der Waals surface area contributed by atoms with Gasteiger partial charge in [-0.3, -0.25) is 4.79 Å². The summed E-state index contributed by atoms with van der Waals surface area (Å²) >= 11 is 1.65. The predicted molar refractivity (Wildman–Crippen MR) is 108 cm³/mol. The van der Waals surface area contributed by atoms with Gasteiger partial charge in [-0.25, -0.2) is 0 Å². The normalized spacial score (nSPS) is 17.3. The van der Waals surface area contributed by atoms with Crippen LogP contribution >= 0.6 is 11.8 Å². The first kappa shape index (κ1) is 18.9. The highest BCUT2D eigenvalue weighted by atomic mass is 32.2. The summed E-state index contributed by atoms with van der Waals surface area (Å²) in [5.74, 6) is 2.04. The van der Waals surface area contributed by atoms with Crippen molar-refractivity contribution >= 4 is 29.7 Å². The maximum absolute atomic E-state index is 12.8. The molecule has 0 saturated carbocycles. The first-order chi connectivity index (χ1) is 13.0. The van der Waals surface area contributed by atoms with E-state index in [4.69, 9.17) is 9.47 Å². The molecule has 2 aromatic carbocycles. The molecule has 0 radical (unpaired) electrons. The van der Waals surface area contributed by atoms with Gasteiger partial charge >= 0.3 is 0 Å². The van der Waals surface area contributed by atoms with Crippen molar-refractivity contribution in [3.8, 4) is 23.0 Å². The number of thioether (sulfide) groups is 1. The lowest BCUT2D eigenvalue weighted by Gasteiger charge is -2.16. The van der Waals surface area contributed by atoms with Crippen LogP contribution in [-0.2, 0) is 4.79 Å². The van der Waals surface area contributed by atoms with Crippen molar-refractivity contribution in [1.29, 1.82) is 0 Å². The third-order valence-corrected chi connectivity index (χ3v) is 5.22. The molecule has 2 N–H and O–H groups in total. The lowest BCUT2D eigenvalue weighted by atomic mass is 10.0. The van der Waals surface area contributed by atoms with Crippen LogP contribution in [0.25, 0.3) is 12.2 Å². The van der Waals surface area contributed by atoms with Gasteiger partial charge in [0.05, 0.1) is 14.2 Å². The Kier molecular flexibility index (Phi) is 5.76. The number of hydrogen-bond donors (Lipinski definition) is 2. The monoisotopic (exact) mass is 384 g/mol. The second-order valence-electron chi connectivity index (χ2n) is 6.02. The van der Waals surface area contributed by atoms with Crippen LogP contribution in [-0.4, -0.2) is 41.7 Å². The number of ether oxygens (including phenoxy) is 2. The maximum atomic E-state index is 12.8. The van der Waals surface area contributed by atoms with Crippen LogP contribution in [0.5, 0.6) is 23.0 Å². The molecule has 0 amide bonds. The topological polar surface area (TPSA) is 76.0 Å².